The van der Waals surface area contributed by atoms with Crippen LogP contribution < -0.4 is 4.57 Å². The molecule has 5 aromatic rings. The molecule has 34 heavy (non-hydrogen) atoms. The Labute approximate surface area is 203 Å². The predicted octanol–water partition coefficient (Wildman–Crippen LogP) is 7.99. The molecule has 0 aliphatic heterocycles. The smallest absolute Gasteiger partial charge is 0.232 e. The lowest BCUT2D eigenvalue weighted by atomic mass is 9.71. The second kappa shape index (κ2) is 7.98. The van der Waals surface area contributed by atoms with Crippen LogP contribution in [0.3, 0.4) is 0 Å². The van der Waals surface area contributed by atoms with E-state index < -0.39 is 0 Å². The van der Waals surface area contributed by atoms with Crippen LogP contribution in [0, 0.1) is 26.7 Å². The van der Waals surface area contributed by atoms with Crippen molar-refractivity contribution >= 4 is 27.3 Å². The highest BCUT2D eigenvalue weighted by Crippen LogP contribution is 2.42. The zero-order valence-electron chi connectivity index (χ0n) is 22.0. The van der Waals surface area contributed by atoms with Gasteiger partial charge in [-0.1, -0.05) is 82.1 Å². The summed E-state index contributed by atoms with van der Waals surface area (Å²) in [5, 5.41) is 4.06. The van der Waals surface area contributed by atoms with Gasteiger partial charge in [0.2, 0.25) is 0 Å². The Hall–Kier alpha value is -3.13. The summed E-state index contributed by atoms with van der Waals surface area (Å²) in [6, 6.07) is 20.5. The van der Waals surface area contributed by atoms with Crippen LogP contribution in [0.4, 0.5) is 0 Å². The maximum absolute atomic E-state index is 2.52. The molecule has 0 N–H and O–H groups in total. The van der Waals surface area contributed by atoms with Crippen LogP contribution in [-0.2, 0) is 12.5 Å². The first-order valence-corrected chi connectivity index (χ1v) is 12.6. The monoisotopic (exact) mass is 449 g/mol. The van der Waals surface area contributed by atoms with Crippen LogP contribution in [0.2, 0.25) is 0 Å². The van der Waals surface area contributed by atoms with Crippen molar-refractivity contribution in [2.24, 2.45) is 13.0 Å². The number of hydrogen-bond acceptors (Lipinski definition) is 0. The number of aryl methyl sites for hydroxylation is 4. The fourth-order valence-electron chi connectivity index (χ4n) is 5.89. The zero-order chi connectivity index (χ0) is 24.4. The Morgan fingerprint density at radius 1 is 0.912 bits per heavy atom. The number of rotatable bonds is 4. The molecule has 2 heterocycles. The van der Waals surface area contributed by atoms with Gasteiger partial charge in [0.25, 0.3) is 5.65 Å². The normalized spacial score (nSPS) is 13.3. The fourth-order valence-corrected chi connectivity index (χ4v) is 5.89. The third-order valence-corrected chi connectivity index (χ3v) is 8.35. The quantitative estimate of drug-likeness (QED) is 0.194. The minimum absolute atomic E-state index is 0.0578. The number of nitrogens with zero attached hydrogens (tertiary/aromatic N) is 2. The number of pyridine rings is 1. The van der Waals surface area contributed by atoms with Crippen LogP contribution in [0.1, 0.15) is 56.4 Å². The van der Waals surface area contributed by atoms with Gasteiger partial charge in [0, 0.05) is 16.3 Å². The minimum atomic E-state index is 0.0578. The molecule has 2 heteroatoms. The van der Waals surface area contributed by atoms with Crippen molar-refractivity contribution in [2.45, 2.75) is 60.3 Å². The van der Waals surface area contributed by atoms with Crippen molar-refractivity contribution in [1.82, 2.24) is 4.40 Å². The van der Waals surface area contributed by atoms with Gasteiger partial charge in [0.15, 0.2) is 5.69 Å². The third kappa shape index (κ3) is 3.19. The average molecular weight is 450 g/mol. The number of imidazole rings is 1. The van der Waals surface area contributed by atoms with Crippen molar-refractivity contribution in [3.05, 3.63) is 83.0 Å². The van der Waals surface area contributed by atoms with Crippen molar-refractivity contribution in [3.63, 3.8) is 0 Å². The summed E-state index contributed by atoms with van der Waals surface area (Å²) in [7, 11) is 2.21. The molecule has 1 atom stereocenters. The van der Waals surface area contributed by atoms with Crippen molar-refractivity contribution in [2.75, 3.05) is 0 Å². The van der Waals surface area contributed by atoms with E-state index in [0.717, 1.165) is 6.42 Å². The molecule has 0 fully saturated rings. The molecule has 3 aromatic carbocycles. The summed E-state index contributed by atoms with van der Waals surface area (Å²) in [6.45, 7) is 16.2. The fraction of sp³-hybridized carbons (Fsp3) is 0.344. The molecule has 1 unspecified atom stereocenters. The molecular weight excluding hydrogens is 412 g/mol. The highest BCUT2D eigenvalue weighted by molar-refractivity contribution is 6.13. The molecule has 0 radical (unpaired) electrons. The Morgan fingerprint density at radius 3 is 2.26 bits per heavy atom. The molecule has 0 aliphatic rings. The lowest BCUT2D eigenvalue weighted by Gasteiger charge is -2.32. The topological polar surface area (TPSA) is 8.29 Å². The Morgan fingerprint density at radius 2 is 1.59 bits per heavy atom. The summed E-state index contributed by atoms with van der Waals surface area (Å²) in [5.74, 6) is 0.574. The highest BCUT2D eigenvalue weighted by Gasteiger charge is 2.33. The van der Waals surface area contributed by atoms with E-state index in [1.54, 1.807) is 0 Å². The molecule has 2 aromatic heterocycles. The zero-order valence-corrected chi connectivity index (χ0v) is 22.0. The van der Waals surface area contributed by atoms with Gasteiger partial charge in [-0.2, -0.15) is 4.40 Å². The van der Waals surface area contributed by atoms with Crippen LogP contribution in [0.5, 0.6) is 0 Å². The van der Waals surface area contributed by atoms with Gasteiger partial charge in [-0.15, -0.1) is 0 Å². The van der Waals surface area contributed by atoms with E-state index >= 15 is 0 Å². The van der Waals surface area contributed by atoms with Crippen molar-refractivity contribution < 1.29 is 4.57 Å². The van der Waals surface area contributed by atoms with E-state index in [9.17, 15) is 0 Å². The number of aromatic nitrogens is 2. The molecule has 0 aliphatic carbocycles. The molecule has 0 bridgehead atoms. The maximum atomic E-state index is 2.52. The van der Waals surface area contributed by atoms with Crippen LogP contribution >= 0.6 is 0 Å². The van der Waals surface area contributed by atoms with Gasteiger partial charge < -0.3 is 0 Å². The van der Waals surface area contributed by atoms with E-state index in [1.165, 1.54) is 60.8 Å². The second-order valence-corrected chi connectivity index (χ2v) is 10.8. The van der Waals surface area contributed by atoms with Gasteiger partial charge in [-0.05, 0) is 60.9 Å². The molecule has 5 rings (SSSR count). The minimum Gasteiger partial charge on any atom is -0.232 e. The Balaban J connectivity index is 2.07. The van der Waals surface area contributed by atoms with E-state index in [-0.39, 0.29) is 5.41 Å². The first-order valence-electron chi connectivity index (χ1n) is 12.6. The van der Waals surface area contributed by atoms with Gasteiger partial charge in [0.1, 0.15) is 11.7 Å². The van der Waals surface area contributed by atoms with E-state index in [4.69, 9.17) is 0 Å². The van der Waals surface area contributed by atoms with Crippen LogP contribution in [-0.4, -0.2) is 4.40 Å². The third-order valence-electron chi connectivity index (χ3n) is 8.35. The summed E-state index contributed by atoms with van der Waals surface area (Å²) in [6.07, 6.45) is 3.49. The number of benzene rings is 3. The molecule has 174 valence electrons. The van der Waals surface area contributed by atoms with Gasteiger partial charge in [-0.25, -0.2) is 4.57 Å². The van der Waals surface area contributed by atoms with Crippen LogP contribution in [0.15, 0.2) is 60.8 Å². The maximum Gasteiger partial charge on any atom is 0.295 e. The first kappa shape index (κ1) is 22.7. The summed E-state index contributed by atoms with van der Waals surface area (Å²) in [5.41, 5.74) is 10.6. The van der Waals surface area contributed by atoms with Crippen LogP contribution in [0.25, 0.3) is 38.6 Å². The summed E-state index contributed by atoms with van der Waals surface area (Å²) in [4.78, 5) is 0. The lowest BCUT2D eigenvalue weighted by molar-refractivity contribution is -0.643. The van der Waals surface area contributed by atoms with E-state index in [0.29, 0.717) is 5.92 Å². The Bertz CT molecular complexity index is 1550. The van der Waals surface area contributed by atoms with Gasteiger partial charge in [-0.3, -0.25) is 0 Å². The Kier molecular flexibility index (Phi) is 5.31. The lowest BCUT2D eigenvalue weighted by Crippen LogP contribution is -2.29. The molecule has 0 saturated carbocycles. The highest BCUT2D eigenvalue weighted by atomic mass is 15.1. The number of hydrogen-bond donors (Lipinski definition) is 0. The second-order valence-electron chi connectivity index (χ2n) is 10.8. The average Bonchev–Trinajstić information content (AvgIpc) is 3.14. The van der Waals surface area contributed by atoms with E-state index in [2.05, 4.69) is 125 Å². The van der Waals surface area contributed by atoms with Gasteiger partial charge in [0.05, 0.1) is 12.4 Å². The number of fused-ring (bicyclic) bond motifs is 6. The first-order chi connectivity index (χ1) is 16.2. The van der Waals surface area contributed by atoms with Crippen molar-refractivity contribution in [3.8, 4) is 11.3 Å². The van der Waals surface area contributed by atoms with E-state index in [1.807, 2.05) is 0 Å². The molecule has 0 spiro atoms. The largest absolute Gasteiger partial charge is 0.295 e. The van der Waals surface area contributed by atoms with Gasteiger partial charge >= 0.3 is 0 Å². The molecule has 0 saturated heterocycles. The SMILES string of the molecule is CCC(C)C(C)(C)c1cccc2c3cc(C)ccc3n3c(-c4c(C)cccc4C)c[n+](C)c3c12. The summed E-state index contributed by atoms with van der Waals surface area (Å²) < 4.78 is 4.86. The predicted molar refractivity (Wildman–Crippen MR) is 146 cm³/mol. The molecule has 2 nitrogen and oxygen atoms in total. The molecular formula is C32H37N2+. The van der Waals surface area contributed by atoms with Crippen molar-refractivity contribution in [1.29, 1.82) is 0 Å². The summed E-state index contributed by atoms with van der Waals surface area (Å²) >= 11 is 0. The standard InChI is InChI=1S/C32H37N2/c1-9-23(5)32(6,7)26-15-11-14-24-25-18-20(2)16-17-27(25)34-28(19-33(8)31(34)30(24)26)29-21(3)12-10-13-22(29)4/h10-19,23H,9H2,1-8H3/q+1. The molecule has 0 amide bonds.